The SMILES string of the molecule is CC(=O)O[C@H]1CC[C@@H](Nc2nccc(-c3nccc(C#Cc4ccc5c(c4)ncn5C(=O)OC(C)(C)C)n3)n2)CC1. The Morgan fingerprint density at radius 3 is 2.51 bits per heavy atom. The van der Waals surface area contributed by atoms with Crippen LogP contribution in [0.5, 0.6) is 0 Å². The number of carbonyl (C=O) groups excluding carboxylic acids is 2. The Kier molecular flexibility index (Phi) is 7.92. The molecule has 11 nitrogen and oxygen atoms in total. The number of esters is 1. The van der Waals surface area contributed by atoms with Crippen LogP contribution in [0.2, 0.25) is 0 Å². The van der Waals surface area contributed by atoms with E-state index in [1.807, 2.05) is 32.9 Å². The summed E-state index contributed by atoms with van der Waals surface area (Å²) >= 11 is 0. The standard InChI is InChI=1S/C30H31N7O4/c1-19(38)40-23-10-8-21(9-11-23)35-28-32-16-14-24(36-28)27-31-15-13-22(34-27)7-5-20-6-12-26-25(17-20)33-18-37(26)29(39)41-30(2,3)4/h6,12-18,21,23H,8-11H2,1-4H3,(H,32,35,36)/t21-,23+. The van der Waals surface area contributed by atoms with Gasteiger partial charge in [-0.25, -0.2) is 34.3 Å². The summed E-state index contributed by atoms with van der Waals surface area (Å²) in [5.74, 6) is 6.88. The number of hydrogen-bond acceptors (Lipinski definition) is 10. The van der Waals surface area contributed by atoms with Crippen LogP contribution in [0.15, 0.2) is 49.1 Å². The van der Waals surface area contributed by atoms with Gasteiger partial charge in [0, 0.05) is 30.9 Å². The summed E-state index contributed by atoms with van der Waals surface area (Å²) in [5, 5.41) is 3.38. The Morgan fingerprint density at radius 2 is 1.76 bits per heavy atom. The molecular formula is C30H31N7O4. The van der Waals surface area contributed by atoms with E-state index in [1.165, 1.54) is 17.8 Å². The number of imidazole rings is 1. The van der Waals surface area contributed by atoms with Gasteiger partial charge < -0.3 is 14.8 Å². The Balaban J connectivity index is 1.27. The van der Waals surface area contributed by atoms with Crippen molar-refractivity contribution in [2.24, 2.45) is 0 Å². The third-order valence-corrected chi connectivity index (χ3v) is 6.35. The van der Waals surface area contributed by atoms with Gasteiger partial charge in [0.2, 0.25) is 5.95 Å². The Hall–Kier alpha value is -4.85. The van der Waals surface area contributed by atoms with Crippen molar-refractivity contribution >= 4 is 29.0 Å². The van der Waals surface area contributed by atoms with Crippen molar-refractivity contribution in [2.45, 2.75) is 71.1 Å². The van der Waals surface area contributed by atoms with E-state index in [9.17, 15) is 9.59 Å². The van der Waals surface area contributed by atoms with Gasteiger partial charge in [-0.2, -0.15) is 0 Å². The van der Waals surface area contributed by atoms with Crippen molar-refractivity contribution in [3.63, 3.8) is 0 Å². The average molecular weight is 554 g/mol. The summed E-state index contributed by atoms with van der Waals surface area (Å²) < 4.78 is 12.2. The lowest BCUT2D eigenvalue weighted by Crippen LogP contribution is -2.31. The molecule has 0 atom stereocenters. The van der Waals surface area contributed by atoms with Crippen molar-refractivity contribution < 1.29 is 19.1 Å². The highest BCUT2D eigenvalue weighted by Crippen LogP contribution is 2.24. The number of fused-ring (bicyclic) bond motifs is 1. The summed E-state index contributed by atoms with van der Waals surface area (Å²) in [7, 11) is 0. The van der Waals surface area contributed by atoms with Crippen molar-refractivity contribution in [1.82, 2.24) is 29.5 Å². The maximum Gasteiger partial charge on any atom is 0.420 e. The summed E-state index contributed by atoms with van der Waals surface area (Å²) in [6.07, 6.45) is 7.59. The van der Waals surface area contributed by atoms with Crippen molar-refractivity contribution in [1.29, 1.82) is 0 Å². The van der Waals surface area contributed by atoms with Crippen LogP contribution in [0.3, 0.4) is 0 Å². The molecule has 0 bridgehead atoms. The number of anilines is 1. The van der Waals surface area contributed by atoms with E-state index in [0.29, 0.717) is 34.2 Å². The van der Waals surface area contributed by atoms with Crippen LogP contribution in [0.4, 0.5) is 10.7 Å². The number of hydrogen-bond donors (Lipinski definition) is 1. The number of ether oxygens (including phenoxy) is 2. The quantitative estimate of drug-likeness (QED) is 0.279. The smallest absolute Gasteiger partial charge is 0.420 e. The van der Waals surface area contributed by atoms with Crippen molar-refractivity contribution in [2.75, 3.05) is 5.32 Å². The van der Waals surface area contributed by atoms with Gasteiger partial charge in [0.15, 0.2) is 5.82 Å². The van der Waals surface area contributed by atoms with Gasteiger partial charge in [0.1, 0.15) is 29.4 Å². The van der Waals surface area contributed by atoms with Gasteiger partial charge in [-0.15, -0.1) is 0 Å². The van der Waals surface area contributed by atoms with E-state index in [2.05, 4.69) is 42.1 Å². The summed E-state index contributed by atoms with van der Waals surface area (Å²) in [6.45, 7) is 6.89. The van der Waals surface area contributed by atoms with Crippen LogP contribution in [-0.2, 0) is 14.3 Å². The number of aromatic nitrogens is 6. The van der Waals surface area contributed by atoms with Crippen LogP contribution in [-0.4, -0.2) is 59.3 Å². The zero-order valence-corrected chi connectivity index (χ0v) is 23.4. The number of rotatable bonds is 4. The number of benzene rings is 1. The first-order valence-electron chi connectivity index (χ1n) is 13.5. The zero-order valence-electron chi connectivity index (χ0n) is 23.4. The molecule has 210 valence electrons. The van der Waals surface area contributed by atoms with E-state index >= 15 is 0 Å². The highest BCUT2D eigenvalue weighted by Gasteiger charge is 2.24. The molecule has 11 heteroatoms. The lowest BCUT2D eigenvalue weighted by atomic mass is 9.93. The molecule has 1 N–H and O–H groups in total. The van der Waals surface area contributed by atoms with E-state index < -0.39 is 11.7 Å². The third kappa shape index (κ3) is 7.22. The predicted molar refractivity (Wildman–Crippen MR) is 152 cm³/mol. The fourth-order valence-corrected chi connectivity index (χ4v) is 4.53. The summed E-state index contributed by atoms with van der Waals surface area (Å²) in [4.78, 5) is 45.9. The maximum absolute atomic E-state index is 12.5. The molecule has 0 radical (unpaired) electrons. The number of nitrogens with zero attached hydrogens (tertiary/aromatic N) is 6. The van der Waals surface area contributed by atoms with Crippen molar-refractivity contribution in [3.8, 4) is 23.4 Å². The first-order valence-corrected chi connectivity index (χ1v) is 13.5. The van der Waals surface area contributed by atoms with Crippen LogP contribution in [0, 0.1) is 11.8 Å². The summed E-state index contributed by atoms with van der Waals surface area (Å²) in [5.41, 5.74) is 2.50. The summed E-state index contributed by atoms with van der Waals surface area (Å²) in [6, 6.07) is 9.11. The van der Waals surface area contributed by atoms with Crippen LogP contribution in [0.1, 0.15) is 64.6 Å². The molecule has 1 aliphatic carbocycles. The first kappa shape index (κ1) is 27.7. The fraction of sp³-hybridized carbons (Fsp3) is 0.367. The second kappa shape index (κ2) is 11.7. The molecule has 0 spiro atoms. The molecule has 41 heavy (non-hydrogen) atoms. The largest absolute Gasteiger partial charge is 0.463 e. The van der Waals surface area contributed by atoms with Crippen LogP contribution >= 0.6 is 0 Å². The highest BCUT2D eigenvalue weighted by atomic mass is 16.6. The first-order chi connectivity index (χ1) is 19.6. The zero-order chi connectivity index (χ0) is 29.0. The highest BCUT2D eigenvalue weighted by molar-refractivity contribution is 5.87. The fourth-order valence-electron chi connectivity index (χ4n) is 4.53. The minimum atomic E-state index is -0.605. The molecule has 1 aromatic carbocycles. The number of carbonyl (C=O) groups is 2. The topological polar surface area (TPSA) is 134 Å². The second-order valence-electron chi connectivity index (χ2n) is 10.8. The molecule has 0 aliphatic heterocycles. The van der Waals surface area contributed by atoms with Crippen molar-refractivity contribution in [3.05, 3.63) is 60.3 Å². The molecule has 0 saturated heterocycles. The monoisotopic (exact) mass is 553 g/mol. The molecule has 0 unspecified atom stereocenters. The van der Waals surface area contributed by atoms with Gasteiger partial charge in [-0.3, -0.25) is 4.79 Å². The van der Waals surface area contributed by atoms with E-state index in [-0.39, 0.29) is 18.1 Å². The van der Waals surface area contributed by atoms with E-state index in [0.717, 1.165) is 31.2 Å². The van der Waals surface area contributed by atoms with Gasteiger partial charge in [0.05, 0.1) is 11.0 Å². The molecule has 1 fully saturated rings. The van der Waals surface area contributed by atoms with Gasteiger partial charge in [0.25, 0.3) is 0 Å². The molecule has 4 aromatic rings. The molecule has 5 rings (SSSR count). The lowest BCUT2D eigenvalue weighted by Gasteiger charge is -2.28. The second-order valence-corrected chi connectivity index (χ2v) is 10.8. The maximum atomic E-state index is 12.5. The van der Waals surface area contributed by atoms with Gasteiger partial charge in [-0.1, -0.05) is 5.92 Å². The van der Waals surface area contributed by atoms with E-state index in [1.54, 1.807) is 30.6 Å². The molecular weight excluding hydrogens is 522 g/mol. The van der Waals surface area contributed by atoms with Crippen LogP contribution < -0.4 is 5.32 Å². The van der Waals surface area contributed by atoms with Gasteiger partial charge in [-0.05, 0) is 82.7 Å². The van der Waals surface area contributed by atoms with E-state index in [4.69, 9.17) is 9.47 Å². The minimum absolute atomic E-state index is 0.0217. The average Bonchev–Trinajstić information content (AvgIpc) is 3.36. The molecule has 3 heterocycles. The Morgan fingerprint density at radius 1 is 0.976 bits per heavy atom. The van der Waals surface area contributed by atoms with Crippen LogP contribution in [0.25, 0.3) is 22.6 Å². The van der Waals surface area contributed by atoms with Gasteiger partial charge >= 0.3 is 12.1 Å². The molecule has 1 aliphatic rings. The minimum Gasteiger partial charge on any atom is -0.463 e. The third-order valence-electron chi connectivity index (χ3n) is 6.35. The molecule has 3 aromatic heterocycles. The molecule has 1 saturated carbocycles. The Labute approximate surface area is 237 Å². The normalized spacial score (nSPS) is 16.9. The Bertz CT molecular complexity index is 1640. The number of nitrogens with one attached hydrogen (secondary N) is 1. The molecule has 0 amide bonds. The predicted octanol–water partition coefficient (Wildman–Crippen LogP) is 4.75. The lowest BCUT2D eigenvalue weighted by molar-refractivity contribution is -0.147.